The van der Waals surface area contributed by atoms with E-state index >= 15 is 0 Å². The van der Waals surface area contributed by atoms with E-state index in [-0.39, 0.29) is 18.4 Å². The molecule has 0 aliphatic heterocycles. The average molecular weight is 351 g/mol. The lowest BCUT2D eigenvalue weighted by Crippen LogP contribution is -2.25. The molecule has 21 heavy (non-hydrogen) atoms. The fourth-order valence-electron chi connectivity index (χ4n) is 1.64. The highest BCUT2D eigenvalue weighted by Crippen LogP contribution is 2.24. The first-order valence-electron chi connectivity index (χ1n) is 6.48. The van der Waals surface area contributed by atoms with Gasteiger partial charge < -0.3 is 15.2 Å². The van der Waals surface area contributed by atoms with Crippen LogP contribution in [0.1, 0.15) is 16.8 Å². The van der Waals surface area contributed by atoms with Crippen LogP contribution in [0.15, 0.2) is 47.1 Å². The Balaban J connectivity index is 2.12. The van der Waals surface area contributed by atoms with Crippen LogP contribution in [0.3, 0.4) is 0 Å². The van der Waals surface area contributed by atoms with Gasteiger partial charge in [-0.05, 0) is 42.8 Å². The van der Waals surface area contributed by atoms with Crippen LogP contribution in [0.4, 0.5) is 0 Å². The lowest BCUT2D eigenvalue weighted by Gasteiger charge is -2.10. The SMILES string of the molecule is O=C(NCCCO)c1cccnc1Oc1ccc(Br)cc1. The number of aromatic nitrogens is 1. The number of nitrogens with one attached hydrogen (secondary N) is 1. The highest BCUT2D eigenvalue weighted by molar-refractivity contribution is 9.10. The van der Waals surface area contributed by atoms with Gasteiger partial charge in [0.05, 0.1) is 0 Å². The van der Waals surface area contributed by atoms with Crippen LogP contribution in [0, 0.1) is 0 Å². The molecule has 1 aromatic carbocycles. The topological polar surface area (TPSA) is 71.5 Å². The van der Waals surface area contributed by atoms with E-state index in [9.17, 15) is 4.79 Å². The lowest BCUT2D eigenvalue weighted by molar-refractivity contribution is 0.0948. The van der Waals surface area contributed by atoms with E-state index in [1.54, 1.807) is 30.5 Å². The van der Waals surface area contributed by atoms with Gasteiger partial charge in [-0.25, -0.2) is 4.98 Å². The second-order valence-electron chi connectivity index (χ2n) is 4.25. The first-order valence-corrected chi connectivity index (χ1v) is 7.27. The number of amides is 1. The Morgan fingerprint density at radius 2 is 2.05 bits per heavy atom. The molecule has 0 bridgehead atoms. The molecule has 0 aliphatic rings. The Hall–Kier alpha value is -1.92. The number of aliphatic hydroxyl groups is 1. The van der Waals surface area contributed by atoms with Crippen molar-refractivity contribution in [3.05, 3.63) is 52.6 Å². The maximum absolute atomic E-state index is 12.1. The van der Waals surface area contributed by atoms with E-state index < -0.39 is 0 Å². The van der Waals surface area contributed by atoms with Crippen LogP contribution in [-0.4, -0.2) is 29.1 Å². The number of carbonyl (C=O) groups excluding carboxylic acids is 1. The summed E-state index contributed by atoms with van der Waals surface area (Å²) in [4.78, 5) is 16.2. The predicted molar refractivity (Wildman–Crippen MR) is 82.5 cm³/mol. The zero-order valence-electron chi connectivity index (χ0n) is 11.3. The van der Waals surface area contributed by atoms with Crippen LogP contribution in [0.2, 0.25) is 0 Å². The largest absolute Gasteiger partial charge is 0.438 e. The summed E-state index contributed by atoms with van der Waals surface area (Å²) in [5, 5.41) is 11.4. The van der Waals surface area contributed by atoms with Crippen molar-refractivity contribution in [2.24, 2.45) is 0 Å². The van der Waals surface area contributed by atoms with E-state index in [4.69, 9.17) is 9.84 Å². The molecule has 2 rings (SSSR count). The number of hydrogen-bond donors (Lipinski definition) is 2. The van der Waals surface area contributed by atoms with Crippen molar-refractivity contribution >= 4 is 21.8 Å². The summed E-state index contributed by atoms with van der Waals surface area (Å²) >= 11 is 3.35. The molecule has 0 saturated heterocycles. The third-order valence-electron chi connectivity index (χ3n) is 2.66. The van der Waals surface area contributed by atoms with Crippen molar-refractivity contribution in [1.29, 1.82) is 0 Å². The minimum absolute atomic E-state index is 0.0373. The molecule has 5 nitrogen and oxygen atoms in total. The molecule has 0 fully saturated rings. The Bertz CT molecular complexity index is 602. The van der Waals surface area contributed by atoms with Crippen LogP contribution in [-0.2, 0) is 0 Å². The van der Waals surface area contributed by atoms with Gasteiger partial charge in [0.2, 0.25) is 5.88 Å². The molecular weight excluding hydrogens is 336 g/mol. The Kier molecular flexibility index (Phi) is 5.71. The number of pyridine rings is 1. The third-order valence-corrected chi connectivity index (χ3v) is 3.19. The van der Waals surface area contributed by atoms with E-state index in [0.29, 0.717) is 24.3 Å². The molecule has 0 spiro atoms. The van der Waals surface area contributed by atoms with Gasteiger partial charge in [0.25, 0.3) is 5.91 Å². The first-order chi connectivity index (χ1) is 10.2. The number of benzene rings is 1. The minimum Gasteiger partial charge on any atom is -0.438 e. The zero-order valence-corrected chi connectivity index (χ0v) is 12.8. The third kappa shape index (κ3) is 4.54. The van der Waals surface area contributed by atoms with Crippen molar-refractivity contribution in [3.63, 3.8) is 0 Å². The van der Waals surface area contributed by atoms with Gasteiger partial charge in [-0.1, -0.05) is 15.9 Å². The standard InChI is InChI=1S/C15H15BrN2O3/c16-11-4-6-12(7-5-11)21-15-13(3-1-8-18-15)14(20)17-9-2-10-19/h1,3-8,19H,2,9-10H2,(H,17,20). The van der Waals surface area contributed by atoms with Crippen molar-refractivity contribution in [2.45, 2.75) is 6.42 Å². The minimum atomic E-state index is -0.274. The first kappa shape index (κ1) is 15.5. The summed E-state index contributed by atoms with van der Waals surface area (Å²) in [5.41, 5.74) is 0.360. The van der Waals surface area contributed by atoms with Gasteiger partial charge in [0, 0.05) is 23.8 Å². The van der Waals surface area contributed by atoms with E-state index in [0.717, 1.165) is 4.47 Å². The van der Waals surface area contributed by atoms with Crippen molar-refractivity contribution in [3.8, 4) is 11.6 Å². The second-order valence-corrected chi connectivity index (χ2v) is 5.16. The zero-order chi connectivity index (χ0) is 15.1. The number of rotatable bonds is 6. The van der Waals surface area contributed by atoms with Gasteiger partial charge in [0.1, 0.15) is 11.3 Å². The molecule has 0 atom stereocenters. The van der Waals surface area contributed by atoms with E-state index in [1.807, 2.05) is 12.1 Å². The molecule has 0 aliphatic carbocycles. The predicted octanol–water partition coefficient (Wildman–Crippen LogP) is 2.75. The number of halogens is 1. The summed E-state index contributed by atoms with van der Waals surface area (Å²) in [6, 6.07) is 10.6. The summed E-state index contributed by atoms with van der Waals surface area (Å²) < 4.78 is 6.59. The lowest BCUT2D eigenvalue weighted by atomic mass is 10.2. The molecule has 1 amide bonds. The van der Waals surface area contributed by atoms with Crippen molar-refractivity contribution in [2.75, 3.05) is 13.2 Å². The molecule has 6 heteroatoms. The number of nitrogens with zero attached hydrogens (tertiary/aromatic N) is 1. The van der Waals surface area contributed by atoms with E-state index in [2.05, 4.69) is 26.2 Å². The number of aliphatic hydroxyl groups excluding tert-OH is 1. The number of hydrogen-bond acceptors (Lipinski definition) is 4. The van der Waals surface area contributed by atoms with Crippen LogP contribution < -0.4 is 10.1 Å². The fraction of sp³-hybridized carbons (Fsp3) is 0.200. The van der Waals surface area contributed by atoms with Crippen molar-refractivity contribution < 1.29 is 14.6 Å². The Morgan fingerprint density at radius 3 is 2.76 bits per heavy atom. The maximum atomic E-state index is 12.1. The molecular formula is C15H15BrN2O3. The maximum Gasteiger partial charge on any atom is 0.256 e. The molecule has 2 aromatic rings. The highest BCUT2D eigenvalue weighted by atomic mass is 79.9. The Labute approximate surface area is 131 Å². The molecule has 0 unspecified atom stereocenters. The summed E-state index contributed by atoms with van der Waals surface area (Å²) in [6.07, 6.45) is 2.08. The van der Waals surface area contributed by atoms with Gasteiger partial charge in [-0.15, -0.1) is 0 Å². The quantitative estimate of drug-likeness (QED) is 0.785. The molecule has 1 aromatic heterocycles. The van der Waals surface area contributed by atoms with Gasteiger partial charge in [-0.2, -0.15) is 0 Å². The van der Waals surface area contributed by atoms with Crippen LogP contribution in [0.25, 0.3) is 0 Å². The average Bonchev–Trinajstić information content (AvgIpc) is 2.50. The number of carbonyl (C=O) groups is 1. The summed E-state index contributed by atoms with van der Waals surface area (Å²) in [6.45, 7) is 0.442. The molecule has 2 N–H and O–H groups in total. The van der Waals surface area contributed by atoms with Gasteiger partial charge >= 0.3 is 0 Å². The fourth-order valence-corrected chi connectivity index (χ4v) is 1.90. The highest BCUT2D eigenvalue weighted by Gasteiger charge is 2.13. The summed E-state index contributed by atoms with van der Waals surface area (Å²) in [7, 11) is 0. The molecule has 110 valence electrons. The monoisotopic (exact) mass is 350 g/mol. The van der Waals surface area contributed by atoms with Crippen LogP contribution in [0.5, 0.6) is 11.6 Å². The molecule has 0 saturated carbocycles. The molecule has 0 radical (unpaired) electrons. The normalized spacial score (nSPS) is 10.2. The second kappa shape index (κ2) is 7.75. The summed E-state index contributed by atoms with van der Waals surface area (Å²) in [5.74, 6) is 0.575. The smallest absolute Gasteiger partial charge is 0.256 e. The number of ether oxygens (including phenoxy) is 1. The van der Waals surface area contributed by atoms with E-state index in [1.165, 1.54) is 0 Å². The van der Waals surface area contributed by atoms with Gasteiger partial charge in [-0.3, -0.25) is 4.79 Å². The van der Waals surface area contributed by atoms with Gasteiger partial charge in [0.15, 0.2) is 0 Å². The van der Waals surface area contributed by atoms with Crippen LogP contribution >= 0.6 is 15.9 Å². The van der Waals surface area contributed by atoms with Crippen molar-refractivity contribution in [1.82, 2.24) is 10.3 Å². The Morgan fingerprint density at radius 1 is 1.29 bits per heavy atom. The molecule has 1 heterocycles.